The maximum Gasteiger partial charge on any atom is 0.881 e. The number of benzene rings is 5. The molecule has 1 radical (unpaired) electrons. The molecule has 0 bridgehead atoms. The molecule has 1 aromatic heterocycles. The van der Waals surface area contributed by atoms with Crippen LogP contribution in [0.2, 0.25) is 0 Å². The van der Waals surface area contributed by atoms with Crippen molar-refractivity contribution in [3.63, 3.8) is 0 Å². The Morgan fingerprint density at radius 1 is 0.590 bits per heavy atom. The summed E-state index contributed by atoms with van der Waals surface area (Å²) in [5, 5.41) is 1.06. The van der Waals surface area contributed by atoms with Crippen LogP contribution >= 0.6 is 0 Å². The lowest BCUT2D eigenvalue weighted by atomic mass is 9.88. The molecule has 6 aromatic rings. The third kappa shape index (κ3) is 4.49. The number of hydrogen-bond acceptors (Lipinski definition) is 3. The SMILES string of the molecule is Cc1ccc2cccc([O][Al][O]c3ccc(-c4ccc(C5c6ccccc6-c6ccccc65)cc4)cc3)c2n1. The number of fused-ring (bicyclic) bond motifs is 4. The van der Waals surface area contributed by atoms with Gasteiger partial charge in [0, 0.05) is 17.0 Å². The first-order chi connectivity index (χ1) is 19.2. The van der Waals surface area contributed by atoms with Crippen molar-refractivity contribution in [1.82, 2.24) is 4.98 Å². The summed E-state index contributed by atoms with van der Waals surface area (Å²) >= 11 is -0.710. The Morgan fingerprint density at radius 3 is 1.92 bits per heavy atom. The van der Waals surface area contributed by atoms with E-state index in [0.717, 1.165) is 33.7 Å². The van der Waals surface area contributed by atoms with E-state index in [0.29, 0.717) is 0 Å². The van der Waals surface area contributed by atoms with Crippen molar-refractivity contribution >= 4 is 26.8 Å². The highest BCUT2D eigenvalue weighted by molar-refractivity contribution is 6.21. The molecule has 0 aliphatic heterocycles. The van der Waals surface area contributed by atoms with Gasteiger partial charge in [-0.25, -0.2) is 4.98 Å². The van der Waals surface area contributed by atoms with Crippen LogP contribution in [0.15, 0.2) is 127 Å². The minimum Gasteiger partial charge on any atom is -0.616 e. The molecule has 0 amide bonds. The Balaban J connectivity index is 1.05. The minimum absolute atomic E-state index is 0.269. The molecule has 0 saturated carbocycles. The summed E-state index contributed by atoms with van der Waals surface area (Å²) < 4.78 is 12.0. The van der Waals surface area contributed by atoms with E-state index in [1.807, 2.05) is 43.3 Å². The van der Waals surface area contributed by atoms with Crippen LogP contribution in [-0.2, 0) is 0 Å². The van der Waals surface area contributed by atoms with E-state index in [1.165, 1.54) is 33.4 Å². The molecule has 0 saturated heterocycles. The second-order valence-electron chi connectivity index (χ2n) is 9.87. The highest BCUT2D eigenvalue weighted by atomic mass is 27.2. The Kier molecular flexibility index (Phi) is 6.13. The second kappa shape index (κ2) is 10.1. The fourth-order valence-corrected chi connectivity index (χ4v) is 6.16. The second-order valence-corrected chi connectivity index (χ2v) is 10.5. The molecule has 0 spiro atoms. The molecule has 185 valence electrons. The van der Waals surface area contributed by atoms with Crippen LogP contribution in [-0.4, -0.2) is 20.9 Å². The van der Waals surface area contributed by atoms with E-state index in [2.05, 4.69) is 96.0 Å². The molecule has 1 aliphatic carbocycles. The highest BCUT2D eigenvalue weighted by Crippen LogP contribution is 2.47. The Bertz CT molecular complexity index is 1750. The van der Waals surface area contributed by atoms with Crippen LogP contribution < -0.4 is 7.58 Å². The molecule has 4 heteroatoms. The van der Waals surface area contributed by atoms with Crippen LogP contribution in [0.1, 0.15) is 28.3 Å². The van der Waals surface area contributed by atoms with Crippen LogP contribution in [0.4, 0.5) is 0 Å². The third-order valence-corrected chi connectivity index (χ3v) is 8.17. The molecule has 0 N–H and O–H groups in total. The van der Waals surface area contributed by atoms with E-state index in [1.54, 1.807) is 0 Å². The van der Waals surface area contributed by atoms with E-state index < -0.39 is 15.9 Å². The summed E-state index contributed by atoms with van der Waals surface area (Å²) in [6.07, 6.45) is 0. The highest BCUT2D eigenvalue weighted by Gasteiger charge is 2.29. The first-order valence-electron chi connectivity index (χ1n) is 13.1. The van der Waals surface area contributed by atoms with Crippen molar-refractivity contribution in [2.45, 2.75) is 12.8 Å². The van der Waals surface area contributed by atoms with Crippen LogP contribution in [0, 0.1) is 6.92 Å². The van der Waals surface area contributed by atoms with Crippen molar-refractivity contribution in [3.8, 4) is 33.8 Å². The maximum absolute atomic E-state index is 6.00. The lowest BCUT2D eigenvalue weighted by Gasteiger charge is -2.15. The molecule has 5 aromatic carbocycles. The van der Waals surface area contributed by atoms with Gasteiger partial charge in [-0.05, 0) is 70.1 Å². The third-order valence-electron chi connectivity index (χ3n) is 7.45. The van der Waals surface area contributed by atoms with Crippen LogP contribution in [0.5, 0.6) is 11.5 Å². The molecule has 0 unspecified atom stereocenters. The first kappa shape index (κ1) is 23.7. The van der Waals surface area contributed by atoms with Gasteiger partial charge in [-0.15, -0.1) is 0 Å². The van der Waals surface area contributed by atoms with Crippen LogP contribution in [0.3, 0.4) is 0 Å². The summed E-state index contributed by atoms with van der Waals surface area (Å²) in [6, 6.07) is 44.8. The summed E-state index contributed by atoms with van der Waals surface area (Å²) in [5.74, 6) is 1.83. The summed E-state index contributed by atoms with van der Waals surface area (Å²) in [7, 11) is 0. The van der Waals surface area contributed by atoms with Crippen molar-refractivity contribution in [3.05, 3.63) is 150 Å². The average Bonchev–Trinajstić information content (AvgIpc) is 3.32. The van der Waals surface area contributed by atoms with E-state index in [4.69, 9.17) is 7.58 Å². The van der Waals surface area contributed by atoms with E-state index in [-0.39, 0.29) is 5.92 Å². The van der Waals surface area contributed by atoms with Crippen molar-refractivity contribution in [2.24, 2.45) is 0 Å². The predicted molar refractivity (Wildman–Crippen MR) is 158 cm³/mol. The fourth-order valence-electron chi connectivity index (χ4n) is 5.55. The fraction of sp³-hybridized carbons (Fsp3) is 0.0571. The van der Waals surface area contributed by atoms with Gasteiger partial charge in [0.25, 0.3) is 0 Å². The summed E-state index contributed by atoms with van der Waals surface area (Å²) in [4.78, 5) is 4.63. The zero-order chi connectivity index (χ0) is 26.2. The lowest BCUT2D eigenvalue weighted by molar-refractivity contribution is 0.461. The van der Waals surface area contributed by atoms with Gasteiger partial charge in [-0.3, -0.25) is 0 Å². The number of aryl methyl sites for hydroxylation is 1. The largest absolute Gasteiger partial charge is 0.881 e. The van der Waals surface area contributed by atoms with Gasteiger partial charge >= 0.3 is 15.9 Å². The number of pyridine rings is 1. The van der Waals surface area contributed by atoms with Gasteiger partial charge in [-0.2, -0.15) is 0 Å². The minimum atomic E-state index is -0.710. The van der Waals surface area contributed by atoms with Crippen molar-refractivity contribution in [2.75, 3.05) is 0 Å². The van der Waals surface area contributed by atoms with Gasteiger partial charge in [0.1, 0.15) is 11.3 Å². The number of aromatic nitrogens is 1. The quantitative estimate of drug-likeness (QED) is 0.207. The number of hydrogen-bond donors (Lipinski definition) is 0. The van der Waals surface area contributed by atoms with Gasteiger partial charge in [0.2, 0.25) is 0 Å². The Hall–Kier alpha value is -4.36. The molecular weight excluding hydrogens is 493 g/mol. The Morgan fingerprint density at radius 2 is 1.23 bits per heavy atom. The lowest BCUT2D eigenvalue weighted by Crippen LogP contribution is -2.11. The molecular formula is C35H25AlNO2. The zero-order valence-corrected chi connectivity index (χ0v) is 22.7. The smallest absolute Gasteiger partial charge is 0.616 e. The normalized spacial score (nSPS) is 12.1. The van der Waals surface area contributed by atoms with E-state index in [9.17, 15) is 0 Å². The number of para-hydroxylation sites is 1. The topological polar surface area (TPSA) is 31.4 Å². The van der Waals surface area contributed by atoms with Gasteiger partial charge < -0.3 is 7.58 Å². The predicted octanol–water partition coefficient (Wildman–Crippen LogP) is 8.36. The van der Waals surface area contributed by atoms with E-state index >= 15 is 0 Å². The summed E-state index contributed by atoms with van der Waals surface area (Å²) in [5.41, 5.74) is 10.9. The molecule has 1 aliphatic rings. The monoisotopic (exact) mass is 518 g/mol. The van der Waals surface area contributed by atoms with Gasteiger partial charge in [0.05, 0.1) is 5.75 Å². The molecule has 0 atom stereocenters. The van der Waals surface area contributed by atoms with Gasteiger partial charge in [-0.1, -0.05) is 103 Å². The Labute approximate surface area is 235 Å². The zero-order valence-electron chi connectivity index (χ0n) is 21.5. The maximum atomic E-state index is 6.00. The van der Waals surface area contributed by atoms with Crippen LogP contribution in [0.25, 0.3) is 33.2 Å². The molecule has 3 nitrogen and oxygen atoms in total. The first-order valence-corrected chi connectivity index (χ1v) is 14.1. The van der Waals surface area contributed by atoms with Crippen molar-refractivity contribution in [1.29, 1.82) is 0 Å². The standard InChI is InChI=1S/C25H18O.C10H9NO.Al/c26-20-15-13-18(14-16-20)17-9-11-19(12-10-17)25-23-7-3-1-5-21(23)22-6-2-4-8-24(22)25;1-7-5-6-8-3-2-4-9(12)10(8)11-7;/h1-16,25-26H;2-6,12H,1H3;/q;;+2/p-2. The summed E-state index contributed by atoms with van der Waals surface area (Å²) in [6.45, 7) is 1.99. The number of nitrogens with zero attached hydrogens (tertiary/aromatic N) is 1. The van der Waals surface area contributed by atoms with Gasteiger partial charge in [0.15, 0.2) is 0 Å². The number of rotatable bonds is 6. The molecule has 1 heterocycles. The molecule has 7 rings (SSSR count). The van der Waals surface area contributed by atoms with Crippen molar-refractivity contribution < 1.29 is 7.58 Å². The molecule has 0 fully saturated rings. The molecule has 39 heavy (non-hydrogen) atoms. The average molecular weight is 519 g/mol.